The van der Waals surface area contributed by atoms with Crippen LogP contribution in [0.2, 0.25) is 0 Å². The Morgan fingerprint density at radius 3 is 2.35 bits per heavy atom. The van der Waals surface area contributed by atoms with Crippen molar-refractivity contribution < 1.29 is 34.7 Å². The first-order valence-corrected chi connectivity index (χ1v) is 7.48. The minimum Gasteiger partial charge on any atom is -0.462 e. The van der Waals surface area contributed by atoms with Crippen LogP contribution in [0.1, 0.15) is 18.9 Å². The Balaban J connectivity index is 1.99. The van der Waals surface area contributed by atoms with Crippen LogP contribution in [0.15, 0.2) is 24.3 Å². The van der Waals surface area contributed by atoms with Gasteiger partial charge in [0.1, 0.15) is 35.9 Å². The van der Waals surface area contributed by atoms with Crippen LogP contribution in [0.25, 0.3) is 0 Å². The first kappa shape index (κ1) is 17.8. The summed E-state index contributed by atoms with van der Waals surface area (Å²) >= 11 is 0. The predicted octanol–water partition coefficient (Wildman–Crippen LogP) is -0.613. The molecule has 4 N–H and O–H groups in total. The number of carbonyl (C=O) groups is 1. The maximum atomic E-state index is 11.0. The molecule has 1 aliphatic heterocycles. The van der Waals surface area contributed by atoms with E-state index < -0.39 is 37.3 Å². The summed E-state index contributed by atoms with van der Waals surface area (Å²) in [5.74, 6) is 0.521. The van der Waals surface area contributed by atoms with Crippen LogP contribution in [0.5, 0.6) is 5.75 Å². The monoisotopic (exact) mass is 326 g/mol. The highest BCUT2D eigenvalue weighted by Crippen LogP contribution is 2.24. The molecule has 0 aliphatic carbocycles. The molecule has 0 bridgehead atoms. The van der Waals surface area contributed by atoms with Gasteiger partial charge in [-0.3, -0.25) is 0 Å². The SMILES string of the molecule is CC(=O)CCc1ccc(O[C@@H]2O[C@@H](CO)[C@H](O)[C@@H](O)[C@@H]2O)cc1. The zero-order valence-corrected chi connectivity index (χ0v) is 12.8. The van der Waals surface area contributed by atoms with Crippen LogP contribution >= 0.6 is 0 Å². The molecule has 7 nitrogen and oxygen atoms in total. The molecular formula is C16H22O7. The zero-order valence-electron chi connectivity index (χ0n) is 12.8. The van der Waals surface area contributed by atoms with Crippen molar-refractivity contribution in [3.8, 4) is 5.75 Å². The van der Waals surface area contributed by atoms with Crippen molar-refractivity contribution >= 4 is 5.78 Å². The smallest absolute Gasteiger partial charge is 0.229 e. The normalized spacial score (nSPS) is 30.9. The van der Waals surface area contributed by atoms with Gasteiger partial charge in [-0.2, -0.15) is 0 Å². The number of aliphatic hydroxyl groups excluding tert-OH is 4. The van der Waals surface area contributed by atoms with Crippen molar-refractivity contribution in [3.05, 3.63) is 29.8 Å². The summed E-state index contributed by atoms with van der Waals surface area (Å²) in [6, 6.07) is 6.92. The van der Waals surface area contributed by atoms with E-state index in [1.807, 2.05) is 0 Å². The van der Waals surface area contributed by atoms with E-state index in [0.29, 0.717) is 18.6 Å². The Morgan fingerprint density at radius 1 is 1.13 bits per heavy atom. The Bertz CT molecular complexity index is 514. The van der Waals surface area contributed by atoms with Crippen LogP contribution in [-0.2, 0) is 16.0 Å². The third-order valence-corrected chi connectivity index (χ3v) is 3.79. The van der Waals surface area contributed by atoms with Crippen molar-refractivity contribution in [3.63, 3.8) is 0 Å². The lowest BCUT2D eigenvalue weighted by Gasteiger charge is -2.39. The van der Waals surface area contributed by atoms with Crippen LogP contribution in [0, 0.1) is 0 Å². The number of carbonyl (C=O) groups excluding carboxylic acids is 1. The van der Waals surface area contributed by atoms with Gasteiger partial charge in [0.2, 0.25) is 6.29 Å². The average molecular weight is 326 g/mol. The summed E-state index contributed by atoms with van der Waals surface area (Å²) < 4.78 is 10.7. The van der Waals surface area contributed by atoms with Crippen LogP contribution in [0.4, 0.5) is 0 Å². The molecule has 1 aromatic carbocycles. The van der Waals surface area contributed by atoms with Crippen molar-refractivity contribution in [1.82, 2.24) is 0 Å². The third-order valence-electron chi connectivity index (χ3n) is 3.79. The lowest BCUT2D eigenvalue weighted by Crippen LogP contribution is -2.60. The van der Waals surface area contributed by atoms with Crippen LogP contribution in [-0.4, -0.2) is 63.5 Å². The summed E-state index contributed by atoms with van der Waals surface area (Å²) in [5, 5.41) is 38.4. The Kier molecular flexibility index (Phi) is 6.09. The van der Waals surface area contributed by atoms with E-state index in [1.165, 1.54) is 6.92 Å². The van der Waals surface area contributed by atoms with Crippen molar-refractivity contribution in [2.45, 2.75) is 50.5 Å². The molecule has 0 aromatic heterocycles. The van der Waals surface area contributed by atoms with E-state index in [9.17, 15) is 20.1 Å². The van der Waals surface area contributed by atoms with E-state index >= 15 is 0 Å². The van der Waals surface area contributed by atoms with Gasteiger partial charge >= 0.3 is 0 Å². The van der Waals surface area contributed by atoms with Gasteiger partial charge in [0, 0.05) is 6.42 Å². The van der Waals surface area contributed by atoms with Crippen molar-refractivity contribution in [2.24, 2.45) is 0 Å². The fourth-order valence-electron chi connectivity index (χ4n) is 2.35. The van der Waals surface area contributed by atoms with E-state index in [0.717, 1.165) is 5.56 Å². The van der Waals surface area contributed by atoms with Crippen LogP contribution < -0.4 is 4.74 Å². The van der Waals surface area contributed by atoms with E-state index in [-0.39, 0.29) is 5.78 Å². The van der Waals surface area contributed by atoms with Gasteiger partial charge in [-0.15, -0.1) is 0 Å². The maximum absolute atomic E-state index is 11.0. The number of rotatable bonds is 6. The highest BCUT2D eigenvalue weighted by Gasteiger charge is 2.44. The van der Waals surface area contributed by atoms with E-state index in [2.05, 4.69) is 0 Å². The van der Waals surface area contributed by atoms with Gasteiger partial charge in [-0.1, -0.05) is 12.1 Å². The predicted molar refractivity (Wildman–Crippen MR) is 79.8 cm³/mol. The molecule has 1 fully saturated rings. The number of ether oxygens (including phenoxy) is 2. The second-order valence-corrected chi connectivity index (χ2v) is 5.66. The minimum absolute atomic E-state index is 0.117. The zero-order chi connectivity index (χ0) is 17.0. The third kappa shape index (κ3) is 4.49. The minimum atomic E-state index is -1.47. The number of hydrogen-bond acceptors (Lipinski definition) is 7. The number of aliphatic hydroxyl groups is 4. The quantitative estimate of drug-likeness (QED) is 0.551. The molecule has 1 aromatic rings. The standard InChI is InChI=1S/C16H22O7/c1-9(18)2-3-10-4-6-11(7-5-10)22-16-15(21)14(20)13(19)12(8-17)23-16/h4-7,12-17,19-21H,2-3,8H2,1H3/t12-,13-,14+,15-,16+/m0/s1. The van der Waals surface area contributed by atoms with Gasteiger partial charge in [-0.25, -0.2) is 0 Å². The molecular weight excluding hydrogens is 304 g/mol. The summed E-state index contributed by atoms with van der Waals surface area (Å²) in [5.41, 5.74) is 0.973. The van der Waals surface area contributed by atoms with Gasteiger partial charge < -0.3 is 34.7 Å². The Morgan fingerprint density at radius 2 is 1.78 bits per heavy atom. The van der Waals surface area contributed by atoms with Gasteiger partial charge in [0.05, 0.1) is 6.61 Å². The molecule has 23 heavy (non-hydrogen) atoms. The highest BCUT2D eigenvalue weighted by atomic mass is 16.7. The molecule has 0 spiro atoms. The summed E-state index contributed by atoms with van der Waals surface area (Å²) in [4.78, 5) is 11.0. The van der Waals surface area contributed by atoms with Crippen molar-refractivity contribution in [1.29, 1.82) is 0 Å². The second-order valence-electron chi connectivity index (χ2n) is 5.66. The van der Waals surface area contributed by atoms with Gasteiger partial charge in [0.15, 0.2) is 0 Å². The lowest BCUT2D eigenvalue weighted by molar-refractivity contribution is -0.277. The molecule has 7 heteroatoms. The van der Waals surface area contributed by atoms with Gasteiger partial charge in [0.25, 0.3) is 0 Å². The second kappa shape index (κ2) is 7.85. The maximum Gasteiger partial charge on any atom is 0.229 e. The molecule has 0 radical (unpaired) electrons. The number of aryl methyl sites for hydroxylation is 1. The summed E-state index contributed by atoms with van der Waals surface area (Å²) in [6.07, 6.45) is -5.43. The molecule has 0 saturated carbocycles. The lowest BCUT2D eigenvalue weighted by atomic mass is 9.99. The average Bonchev–Trinajstić information content (AvgIpc) is 2.54. The number of benzene rings is 1. The summed E-state index contributed by atoms with van der Waals surface area (Å²) in [6.45, 7) is 1.03. The highest BCUT2D eigenvalue weighted by molar-refractivity contribution is 5.75. The molecule has 1 aliphatic rings. The molecule has 0 amide bonds. The molecule has 1 heterocycles. The first-order chi connectivity index (χ1) is 10.9. The largest absolute Gasteiger partial charge is 0.462 e. The van der Waals surface area contributed by atoms with E-state index in [4.69, 9.17) is 14.6 Å². The topological polar surface area (TPSA) is 116 Å². The molecule has 2 rings (SSSR count). The Labute approximate surface area is 134 Å². The molecule has 5 atom stereocenters. The fraction of sp³-hybridized carbons (Fsp3) is 0.562. The molecule has 1 saturated heterocycles. The van der Waals surface area contributed by atoms with E-state index in [1.54, 1.807) is 24.3 Å². The Hall–Kier alpha value is -1.51. The number of hydrogen-bond donors (Lipinski definition) is 4. The number of ketones is 1. The number of Topliss-reactive ketones (excluding diaryl/α,β-unsaturated/α-hetero) is 1. The molecule has 128 valence electrons. The van der Waals surface area contributed by atoms with Crippen LogP contribution in [0.3, 0.4) is 0 Å². The van der Waals surface area contributed by atoms with Gasteiger partial charge in [-0.05, 0) is 31.0 Å². The van der Waals surface area contributed by atoms with Crippen molar-refractivity contribution in [2.75, 3.05) is 6.61 Å². The first-order valence-electron chi connectivity index (χ1n) is 7.48. The summed E-state index contributed by atoms with van der Waals surface area (Å²) in [7, 11) is 0. The molecule has 0 unspecified atom stereocenters. The fourth-order valence-corrected chi connectivity index (χ4v) is 2.35.